The van der Waals surface area contributed by atoms with Crippen LogP contribution in [0.3, 0.4) is 0 Å². The minimum atomic E-state index is -1.14. The minimum absolute atomic E-state index is 0.00924. The van der Waals surface area contributed by atoms with Gasteiger partial charge in [0.2, 0.25) is 0 Å². The van der Waals surface area contributed by atoms with Gasteiger partial charge in [-0.05, 0) is 28.3 Å². The average Bonchev–Trinajstić information content (AvgIpc) is 3.11. The first-order chi connectivity index (χ1) is 15.5. The fraction of sp³-hybridized carbons (Fsp3) is 0.174. The zero-order valence-electron chi connectivity index (χ0n) is 16.9. The Labute approximate surface area is 183 Å². The van der Waals surface area contributed by atoms with E-state index in [1.165, 1.54) is 12.3 Å². The van der Waals surface area contributed by atoms with Gasteiger partial charge in [0.1, 0.15) is 18.5 Å². The second kappa shape index (κ2) is 8.84. The molecule has 2 aromatic carbocycles. The number of hydrogen-bond acceptors (Lipinski definition) is 6. The zero-order valence-corrected chi connectivity index (χ0v) is 16.9. The SMILES string of the molecule is O=C(O)CCN(C(=O)OCC1c2ccccc2-c2ccccc21)c1ccncc1[N+](=O)[O-]. The van der Waals surface area contributed by atoms with Crippen LogP contribution in [-0.4, -0.2) is 40.2 Å². The molecule has 1 aromatic heterocycles. The molecule has 0 saturated heterocycles. The number of nitro groups is 1. The number of anilines is 1. The molecule has 4 rings (SSSR count). The third kappa shape index (κ3) is 4.00. The summed E-state index contributed by atoms with van der Waals surface area (Å²) in [5, 5.41) is 20.5. The maximum atomic E-state index is 13.0. The third-order valence-electron chi connectivity index (χ3n) is 5.37. The molecule has 1 N–H and O–H groups in total. The number of ether oxygens (including phenoxy) is 1. The van der Waals surface area contributed by atoms with E-state index in [9.17, 15) is 19.7 Å². The highest BCUT2D eigenvalue weighted by atomic mass is 16.6. The first kappa shape index (κ1) is 21.0. The van der Waals surface area contributed by atoms with Crippen molar-refractivity contribution in [3.05, 3.63) is 88.2 Å². The van der Waals surface area contributed by atoms with Crippen LogP contribution >= 0.6 is 0 Å². The van der Waals surface area contributed by atoms with E-state index in [1.54, 1.807) is 0 Å². The lowest BCUT2D eigenvalue weighted by molar-refractivity contribution is -0.384. The normalized spacial score (nSPS) is 12.0. The Balaban J connectivity index is 1.60. The molecule has 0 aliphatic heterocycles. The van der Waals surface area contributed by atoms with Gasteiger partial charge < -0.3 is 9.84 Å². The largest absolute Gasteiger partial charge is 0.481 e. The van der Waals surface area contributed by atoms with E-state index in [0.29, 0.717) is 0 Å². The van der Waals surface area contributed by atoms with Gasteiger partial charge in [0.05, 0.1) is 11.3 Å². The fourth-order valence-electron chi connectivity index (χ4n) is 3.94. The number of carboxylic acid groups (broad SMARTS) is 1. The summed E-state index contributed by atoms with van der Waals surface area (Å²) in [5.74, 6) is -1.33. The number of nitrogens with zero attached hydrogens (tertiary/aromatic N) is 3. The van der Waals surface area contributed by atoms with Gasteiger partial charge >= 0.3 is 17.7 Å². The van der Waals surface area contributed by atoms with E-state index in [4.69, 9.17) is 9.84 Å². The van der Waals surface area contributed by atoms with Crippen molar-refractivity contribution in [3.63, 3.8) is 0 Å². The van der Waals surface area contributed by atoms with Crippen LogP contribution in [0.1, 0.15) is 23.5 Å². The summed E-state index contributed by atoms with van der Waals surface area (Å²) in [7, 11) is 0. The van der Waals surface area contributed by atoms with E-state index in [-0.39, 0.29) is 24.8 Å². The summed E-state index contributed by atoms with van der Waals surface area (Å²) in [5.41, 5.74) is 3.70. The summed E-state index contributed by atoms with van der Waals surface area (Å²) < 4.78 is 5.57. The number of benzene rings is 2. The second-order valence-corrected chi connectivity index (χ2v) is 7.22. The highest BCUT2D eigenvalue weighted by Crippen LogP contribution is 2.44. The Morgan fingerprint density at radius 2 is 1.69 bits per heavy atom. The van der Waals surface area contributed by atoms with Gasteiger partial charge in [0.15, 0.2) is 0 Å². The van der Waals surface area contributed by atoms with Crippen molar-refractivity contribution in [1.82, 2.24) is 4.98 Å². The molecule has 0 saturated carbocycles. The standard InChI is InChI=1S/C23H19N3O6/c27-22(28)10-12-25(20-9-11-24-13-21(20)26(30)31)23(29)32-14-19-17-7-3-1-5-15(17)16-6-2-4-8-18(16)19/h1-9,11,13,19H,10,12,14H2,(H,27,28). The van der Waals surface area contributed by atoms with Gasteiger partial charge in [0.25, 0.3) is 0 Å². The summed E-state index contributed by atoms with van der Waals surface area (Å²) in [4.78, 5) is 39.5. The highest BCUT2D eigenvalue weighted by Gasteiger charge is 2.31. The van der Waals surface area contributed by atoms with Crippen molar-refractivity contribution < 1.29 is 24.4 Å². The van der Waals surface area contributed by atoms with Crippen LogP contribution in [0.2, 0.25) is 0 Å². The molecule has 9 heteroatoms. The highest BCUT2D eigenvalue weighted by molar-refractivity contribution is 5.91. The first-order valence-corrected chi connectivity index (χ1v) is 9.90. The predicted molar refractivity (Wildman–Crippen MR) is 116 cm³/mol. The van der Waals surface area contributed by atoms with Crippen LogP contribution < -0.4 is 4.90 Å². The average molecular weight is 433 g/mol. The van der Waals surface area contributed by atoms with Crippen molar-refractivity contribution >= 4 is 23.4 Å². The molecule has 0 radical (unpaired) electrons. The first-order valence-electron chi connectivity index (χ1n) is 9.90. The lowest BCUT2D eigenvalue weighted by atomic mass is 9.98. The number of aliphatic carboxylic acids is 1. The van der Waals surface area contributed by atoms with E-state index < -0.39 is 29.1 Å². The van der Waals surface area contributed by atoms with Crippen molar-refractivity contribution in [2.75, 3.05) is 18.1 Å². The molecule has 1 aliphatic carbocycles. The van der Waals surface area contributed by atoms with E-state index in [2.05, 4.69) is 4.98 Å². The molecular weight excluding hydrogens is 414 g/mol. The number of amides is 1. The molecule has 1 aliphatic rings. The van der Waals surface area contributed by atoms with Gasteiger partial charge in [0, 0.05) is 18.7 Å². The zero-order chi connectivity index (χ0) is 22.7. The number of hydrogen-bond donors (Lipinski definition) is 1. The maximum absolute atomic E-state index is 13.0. The van der Waals surface area contributed by atoms with Crippen LogP contribution in [0.15, 0.2) is 67.0 Å². The molecule has 0 spiro atoms. The van der Waals surface area contributed by atoms with Gasteiger partial charge in [-0.3, -0.25) is 24.8 Å². The maximum Gasteiger partial charge on any atom is 0.414 e. The van der Waals surface area contributed by atoms with Gasteiger partial charge in [-0.15, -0.1) is 0 Å². The molecule has 0 unspecified atom stereocenters. The number of aromatic nitrogens is 1. The Bertz CT molecular complexity index is 1150. The van der Waals surface area contributed by atoms with Crippen LogP contribution in [0.25, 0.3) is 11.1 Å². The molecule has 1 amide bonds. The van der Waals surface area contributed by atoms with E-state index in [1.807, 2.05) is 48.5 Å². The molecule has 9 nitrogen and oxygen atoms in total. The third-order valence-corrected chi connectivity index (χ3v) is 5.37. The lowest BCUT2D eigenvalue weighted by Gasteiger charge is -2.22. The van der Waals surface area contributed by atoms with Gasteiger partial charge in [-0.2, -0.15) is 0 Å². The number of rotatable bonds is 7. The van der Waals surface area contributed by atoms with E-state index >= 15 is 0 Å². The Kier molecular flexibility index (Phi) is 5.80. The molecular formula is C23H19N3O6. The molecule has 32 heavy (non-hydrogen) atoms. The lowest BCUT2D eigenvalue weighted by Crippen LogP contribution is -2.35. The van der Waals surface area contributed by atoms with Crippen molar-refractivity contribution in [3.8, 4) is 11.1 Å². The van der Waals surface area contributed by atoms with E-state index in [0.717, 1.165) is 33.4 Å². The van der Waals surface area contributed by atoms with Crippen LogP contribution in [0, 0.1) is 10.1 Å². The smallest absolute Gasteiger partial charge is 0.414 e. The monoisotopic (exact) mass is 433 g/mol. The molecule has 0 fully saturated rings. The topological polar surface area (TPSA) is 123 Å². The van der Waals surface area contributed by atoms with Crippen molar-refractivity contribution in [2.24, 2.45) is 0 Å². The minimum Gasteiger partial charge on any atom is -0.481 e. The van der Waals surface area contributed by atoms with Crippen LogP contribution in [0.4, 0.5) is 16.2 Å². The summed E-state index contributed by atoms with van der Waals surface area (Å²) in [6, 6.07) is 17.0. The number of carboxylic acids is 1. The van der Waals surface area contributed by atoms with Crippen LogP contribution in [-0.2, 0) is 9.53 Å². The quantitative estimate of drug-likeness (QED) is 0.437. The van der Waals surface area contributed by atoms with Crippen molar-refractivity contribution in [1.29, 1.82) is 0 Å². The number of fused-ring (bicyclic) bond motifs is 3. The summed E-state index contributed by atoms with van der Waals surface area (Å²) in [6.07, 6.45) is 1.05. The predicted octanol–water partition coefficient (Wildman–Crippen LogP) is 4.22. The summed E-state index contributed by atoms with van der Waals surface area (Å²) in [6.45, 7) is -0.272. The Hall–Kier alpha value is -4.27. The Morgan fingerprint density at radius 1 is 1.06 bits per heavy atom. The molecule has 162 valence electrons. The number of pyridine rings is 1. The molecule has 1 heterocycles. The molecule has 0 bridgehead atoms. The second-order valence-electron chi connectivity index (χ2n) is 7.22. The Morgan fingerprint density at radius 3 is 2.28 bits per heavy atom. The van der Waals surface area contributed by atoms with Crippen molar-refractivity contribution in [2.45, 2.75) is 12.3 Å². The fourth-order valence-corrected chi connectivity index (χ4v) is 3.94. The molecule has 0 atom stereocenters. The van der Waals surface area contributed by atoms with Gasteiger partial charge in [-0.1, -0.05) is 48.5 Å². The number of carbonyl (C=O) groups is 2. The van der Waals surface area contributed by atoms with Crippen LogP contribution in [0.5, 0.6) is 0 Å². The molecule has 3 aromatic rings. The van der Waals surface area contributed by atoms with Gasteiger partial charge in [-0.25, -0.2) is 4.79 Å². The summed E-state index contributed by atoms with van der Waals surface area (Å²) >= 11 is 0. The number of carbonyl (C=O) groups excluding carboxylic acids is 1.